The maximum absolute atomic E-state index is 10.4. The fourth-order valence-electron chi connectivity index (χ4n) is 4.22. The highest BCUT2D eigenvalue weighted by Gasteiger charge is 2.57. The van der Waals surface area contributed by atoms with Crippen molar-refractivity contribution in [2.75, 3.05) is 0 Å². The predicted molar refractivity (Wildman–Crippen MR) is 63.0 cm³/mol. The number of carbonyl (C=O) groups excluding carboxylic acids is 2. The topological polar surface area (TPSA) is 58.9 Å². The van der Waals surface area contributed by atoms with Gasteiger partial charge in [0, 0.05) is 0 Å². The standard InChI is InChI=1S/C13H18N2O2/c1-8-11-10(12(8)15-7-17)4-9(14-6-16)5-13(11,2)3/h8-12H,4-5H2,1-3H3/t8-,9?,10?,11?,12?/m1/s1. The number of rotatable bonds is 2. The molecule has 2 aliphatic rings. The molecule has 0 aliphatic heterocycles. The molecule has 0 heterocycles. The fraction of sp³-hybridized carbons (Fsp3) is 0.846. The molecule has 0 aromatic carbocycles. The zero-order valence-electron chi connectivity index (χ0n) is 10.5. The van der Waals surface area contributed by atoms with E-state index in [2.05, 4.69) is 30.8 Å². The van der Waals surface area contributed by atoms with E-state index in [-0.39, 0.29) is 17.5 Å². The van der Waals surface area contributed by atoms with Crippen molar-refractivity contribution in [2.45, 2.75) is 45.7 Å². The number of aliphatic imine (C=N–C) groups is 2. The van der Waals surface area contributed by atoms with Gasteiger partial charge in [0.1, 0.15) is 0 Å². The molecule has 17 heavy (non-hydrogen) atoms. The minimum atomic E-state index is 0.0422. The summed E-state index contributed by atoms with van der Waals surface area (Å²) in [5, 5.41) is 0. The van der Waals surface area contributed by atoms with Gasteiger partial charge in [0.05, 0.1) is 12.1 Å². The minimum Gasteiger partial charge on any atom is -0.211 e. The summed E-state index contributed by atoms with van der Waals surface area (Å²) in [6.45, 7) is 6.58. The molecule has 92 valence electrons. The first-order valence-electron chi connectivity index (χ1n) is 6.15. The SMILES string of the molecule is C[C@H]1C(N=C=O)C2CC(N=C=O)CC(C)(C)C21. The average Bonchev–Trinajstić information content (AvgIpc) is 2.24. The summed E-state index contributed by atoms with van der Waals surface area (Å²) in [5.41, 5.74) is 0.155. The summed E-state index contributed by atoms with van der Waals surface area (Å²) in [5.74, 6) is 1.37. The predicted octanol–water partition coefficient (Wildman–Crippen LogP) is 2.10. The summed E-state index contributed by atoms with van der Waals surface area (Å²) in [6.07, 6.45) is 5.11. The van der Waals surface area contributed by atoms with Gasteiger partial charge in [-0.2, -0.15) is 0 Å². The van der Waals surface area contributed by atoms with Crippen LogP contribution in [0, 0.1) is 23.2 Å². The van der Waals surface area contributed by atoms with Crippen molar-refractivity contribution in [3.63, 3.8) is 0 Å². The van der Waals surface area contributed by atoms with Crippen LogP contribution in [0.25, 0.3) is 0 Å². The molecular formula is C13H18N2O2. The first kappa shape index (κ1) is 12.2. The van der Waals surface area contributed by atoms with E-state index in [9.17, 15) is 9.59 Å². The van der Waals surface area contributed by atoms with Gasteiger partial charge in [-0.15, -0.1) is 0 Å². The third kappa shape index (κ3) is 1.88. The molecule has 2 aliphatic carbocycles. The fourth-order valence-corrected chi connectivity index (χ4v) is 4.22. The molecule has 4 unspecified atom stereocenters. The molecule has 0 aromatic rings. The molecular weight excluding hydrogens is 216 g/mol. The Hall–Kier alpha value is -1.24. The lowest BCUT2D eigenvalue weighted by Crippen LogP contribution is -2.59. The Balaban J connectivity index is 2.22. The van der Waals surface area contributed by atoms with E-state index in [4.69, 9.17) is 0 Å². The first-order chi connectivity index (χ1) is 8.01. The van der Waals surface area contributed by atoms with Crippen molar-refractivity contribution in [2.24, 2.45) is 33.2 Å². The Kier molecular flexibility index (Phi) is 3.03. The van der Waals surface area contributed by atoms with E-state index < -0.39 is 0 Å². The van der Waals surface area contributed by atoms with E-state index >= 15 is 0 Å². The zero-order chi connectivity index (χ0) is 12.6. The lowest BCUT2D eigenvalue weighted by molar-refractivity contribution is -0.0826. The second-order valence-corrected chi connectivity index (χ2v) is 6.06. The number of isocyanates is 2. The number of hydrogen-bond donors (Lipinski definition) is 0. The van der Waals surface area contributed by atoms with Crippen LogP contribution in [0.2, 0.25) is 0 Å². The van der Waals surface area contributed by atoms with E-state index in [1.54, 1.807) is 12.2 Å². The molecule has 0 bridgehead atoms. The van der Waals surface area contributed by atoms with Crippen LogP contribution in [0.3, 0.4) is 0 Å². The summed E-state index contributed by atoms with van der Waals surface area (Å²) in [6, 6.07) is 0.113. The summed E-state index contributed by atoms with van der Waals surface area (Å²) in [4.78, 5) is 28.6. The summed E-state index contributed by atoms with van der Waals surface area (Å²) >= 11 is 0. The third-order valence-corrected chi connectivity index (χ3v) is 4.65. The number of hydrogen-bond acceptors (Lipinski definition) is 4. The Morgan fingerprint density at radius 2 is 1.82 bits per heavy atom. The molecule has 4 heteroatoms. The molecule has 5 atom stereocenters. The quantitative estimate of drug-likeness (QED) is 0.542. The molecule has 0 amide bonds. The molecule has 0 aromatic heterocycles. The van der Waals surface area contributed by atoms with Crippen LogP contribution < -0.4 is 0 Å². The normalized spacial score (nSPS) is 42.4. The van der Waals surface area contributed by atoms with E-state index in [0.717, 1.165) is 12.8 Å². The van der Waals surface area contributed by atoms with Crippen LogP contribution >= 0.6 is 0 Å². The highest BCUT2D eigenvalue weighted by atomic mass is 16.1. The number of fused-ring (bicyclic) bond motifs is 1. The van der Waals surface area contributed by atoms with E-state index in [1.165, 1.54) is 0 Å². The van der Waals surface area contributed by atoms with E-state index in [0.29, 0.717) is 17.8 Å². The molecule has 2 fully saturated rings. The molecule has 0 N–H and O–H groups in total. The largest absolute Gasteiger partial charge is 0.235 e. The van der Waals surface area contributed by atoms with Crippen LogP contribution in [0.5, 0.6) is 0 Å². The Morgan fingerprint density at radius 1 is 1.18 bits per heavy atom. The Bertz CT molecular complexity index is 406. The zero-order valence-corrected chi connectivity index (χ0v) is 10.5. The van der Waals surface area contributed by atoms with Gasteiger partial charge in [0.2, 0.25) is 12.2 Å². The van der Waals surface area contributed by atoms with Crippen LogP contribution in [-0.2, 0) is 9.59 Å². The van der Waals surface area contributed by atoms with Crippen LogP contribution in [0.4, 0.5) is 0 Å². The maximum Gasteiger partial charge on any atom is 0.235 e. The van der Waals surface area contributed by atoms with Crippen LogP contribution in [0.1, 0.15) is 33.6 Å². The van der Waals surface area contributed by atoms with Gasteiger partial charge < -0.3 is 0 Å². The van der Waals surface area contributed by atoms with Gasteiger partial charge in [0.25, 0.3) is 0 Å². The molecule has 2 rings (SSSR count). The van der Waals surface area contributed by atoms with E-state index in [1.807, 2.05) is 0 Å². The Morgan fingerprint density at radius 3 is 2.41 bits per heavy atom. The molecule has 0 radical (unpaired) electrons. The molecule has 0 spiro atoms. The summed E-state index contributed by atoms with van der Waals surface area (Å²) < 4.78 is 0. The first-order valence-corrected chi connectivity index (χ1v) is 6.15. The van der Waals surface area contributed by atoms with Crippen molar-refractivity contribution >= 4 is 12.2 Å². The van der Waals surface area contributed by atoms with Crippen molar-refractivity contribution in [3.05, 3.63) is 0 Å². The van der Waals surface area contributed by atoms with Gasteiger partial charge in [-0.05, 0) is 36.0 Å². The van der Waals surface area contributed by atoms with Gasteiger partial charge in [-0.25, -0.2) is 19.6 Å². The molecule has 0 saturated heterocycles. The molecule has 2 saturated carbocycles. The lowest BCUT2D eigenvalue weighted by atomic mass is 9.47. The minimum absolute atomic E-state index is 0.0422. The van der Waals surface area contributed by atoms with Crippen molar-refractivity contribution in [1.29, 1.82) is 0 Å². The highest BCUT2D eigenvalue weighted by molar-refractivity contribution is 5.35. The summed E-state index contributed by atoms with van der Waals surface area (Å²) in [7, 11) is 0. The smallest absolute Gasteiger partial charge is 0.211 e. The van der Waals surface area contributed by atoms with Gasteiger partial charge >= 0.3 is 0 Å². The average molecular weight is 234 g/mol. The molecule has 4 nitrogen and oxygen atoms in total. The van der Waals surface area contributed by atoms with Crippen LogP contribution in [-0.4, -0.2) is 24.2 Å². The lowest BCUT2D eigenvalue weighted by Gasteiger charge is -2.59. The van der Waals surface area contributed by atoms with Gasteiger partial charge in [0.15, 0.2) is 0 Å². The third-order valence-electron chi connectivity index (χ3n) is 4.65. The van der Waals surface area contributed by atoms with Gasteiger partial charge in [-0.1, -0.05) is 20.8 Å². The Labute approximate surface area is 101 Å². The second-order valence-electron chi connectivity index (χ2n) is 6.06. The maximum atomic E-state index is 10.4. The van der Waals surface area contributed by atoms with Crippen molar-refractivity contribution < 1.29 is 9.59 Å². The second kappa shape index (κ2) is 4.21. The van der Waals surface area contributed by atoms with Gasteiger partial charge in [-0.3, -0.25) is 0 Å². The van der Waals surface area contributed by atoms with Crippen molar-refractivity contribution in [3.8, 4) is 0 Å². The monoisotopic (exact) mass is 234 g/mol. The number of nitrogens with zero attached hydrogens (tertiary/aromatic N) is 2. The van der Waals surface area contributed by atoms with Crippen molar-refractivity contribution in [1.82, 2.24) is 0 Å². The highest BCUT2D eigenvalue weighted by Crippen LogP contribution is 2.58. The van der Waals surface area contributed by atoms with Crippen LogP contribution in [0.15, 0.2) is 9.98 Å².